The standard InChI is InChI=1S/C42H44N16O8S2/c1-7-11-29-33-35(57(5)53-29)39(59)49-37(47-33)27-17-25(13-15-31(27)65-9-3)67(61,62)55-41-43-19-23(20-44-41)51-52-24-21-45-42(46-22-24)56-68(63,64)26-14-16-32(66-10-4)28(18-26)38-48-34-30(12-8-2)54-58(6)36(34)40(60)50-38/h13-22H,7-12H2,1-6H3,(H,43,44,55)(H,45,46,56)(H,47,49,59)(H,48,50,60). The van der Waals surface area contributed by atoms with Crippen LogP contribution in [-0.2, 0) is 47.0 Å². The number of benzene rings is 2. The number of fused-ring (bicyclic) bond motifs is 2. The van der Waals surface area contributed by atoms with Gasteiger partial charge < -0.3 is 19.4 Å². The Morgan fingerprint density at radius 2 is 0.985 bits per heavy atom. The first-order chi connectivity index (χ1) is 32.6. The molecule has 6 aromatic heterocycles. The summed E-state index contributed by atoms with van der Waals surface area (Å²) in [5.41, 5.74) is 2.54. The van der Waals surface area contributed by atoms with Gasteiger partial charge in [-0.05, 0) is 63.1 Å². The first-order valence-electron chi connectivity index (χ1n) is 21.2. The van der Waals surface area contributed by atoms with Crippen LogP contribution >= 0.6 is 0 Å². The molecule has 352 valence electrons. The number of hydrogen-bond acceptors (Lipinski definition) is 18. The second-order valence-electron chi connectivity index (χ2n) is 15.0. The second kappa shape index (κ2) is 19.1. The molecule has 26 heteroatoms. The molecule has 0 aliphatic carbocycles. The maximum atomic E-state index is 13.6. The second-order valence-corrected chi connectivity index (χ2v) is 18.4. The van der Waals surface area contributed by atoms with Crippen molar-refractivity contribution in [3.63, 3.8) is 0 Å². The van der Waals surface area contributed by atoms with Gasteiger partial charge in [-0.1, -0.05) is 26.7 Å². The van der Waals surface area contributed by atoms with Crippen molar-refractivity contribution in [2.24, 2.45) is 24.3 Å². The summed E-state index contributed by atoms with van der Waals surface area (Å²) in [4.78, 5) is 57.1. The minimum absolute atomic E-state index is 0.105. The van der Waals surface area contributed by atoms with Crippen molar-refractivity contribution < 1.29 is 26.3 Å². The summed E-state index contributed by atoms with van der Waals surface area (Å²) >= 11 is 0. The molecule has 4 N–H and O–H groups in total. The smallest absolute Gasteiger partial charge is 0.277 e. The lowest BCUT2D eigenvalue weighted by atomic mass is 10.1. The van der Waals surface area contributed by atoms with Gasteiger partial charge in [0.05, 0.1) is 70.3 Å². The van der Waals surface area contributed by atoms with Gasteiger partial charge >= 0.3 is 0 Å². The minimum Gasteiger partial charge on any atom is -0.493 e. The number of azo groups is 1. The maximum Gasteiger partial charge on any atom is 0.277 e. The number of aromatic amines is 2. The van der Waals surface area contributed by atoms with Gasteiger partial charge in [-0.15, -0.1) is 10.2 Å². The summed E-state index contributed by atoms with van der Waals surface area (Å²) in [6.45, 7) is 8.04. The van der Waals surface area contributed by atoms with Crippen LogP contribution in [0.15, 0.2) is 90.8 Å². The van der Waals surface area contributed by atoms with Crippen LogP contribution in [0.25, 0.3) is 44.8 Å². The highest BCUT2D eigenvalue weighted by molar-refractivity contribution is 7.93. The number of H-pyrrole nitrogens is 2. The van der Waals surface area contributed by atoms with Crippen LogP contribution in [0.1, 0.15) is 51.9 Å². The first kappa shape index (κ1) is 46.5. The van der Waals surface area contributed by atoms with Gasteiger partial charge in [0.2, 0.25) is 11.9 Å². The van der Waals surface area contributed by atoms with Crippen LogP contribution in [0, 0.1) is 0 Å². The number of nitrogens with zero attached hydrogens (tertiary/aromatic N) is 12. The van der Waals surface area contributed by atoms with Gasteiger partial charge in [0.15, 0.2) is 11.0 Å². The lowest BCUT2D eigenvalue weighted by Crippen LogP contribution is -2.16. The average Bonchev–Trinajstić information content (AvgIpc) is 3.81. The Hall–Kier alpha value is -8.00. The number of anilines is 2. The Morgan fingerprint density at radius 3 is 1.34 bits per heavy atom. The van der Waals surface area contributed by atoms with Crippen molar-refractivity contribution in [3.8, 4) is 34.3 Å². The number of ether oxygens (including phenoxy) is 2. The molecule has 0 spiro atoms. The van der Waals surface area contributed by atoms with Gasteiger partial charge in [0, 0.05) is 14.1 Å². The van der Waals surface area contributed by atoms with E-state index in [0.29, 0.717) is 57.8 Å². The fourth-order valence-corrected chi connectivity index (χ4v) is 9.14. The number of sulfonamides is 2. The molecule has 0 bridgehead atoms. The Morgan fingerprint density at radius 1 is 0.603 bits per heavy atom. The first-order valence-corrected chi connectivity index (χ1v) is 24.2. The zero-order valence-corrected chi connectivity index (χ0v) is 39.1. The monoisotopic (exact) mass is 964 g/mol. The zero-order chi connectivity index (χ0) is 48.3. The molecule has 0 unspecified atom stereocenters. The van der Waals surface area contributed by atoms with Crippen LogP contribution in [-0.4, -0.2) is 89.5 Å². The summed E-state index contributed by atoms with van der Waals surface area (Å²) in [5.74, 6) is 0.270. The third-order valence-corrected chi connectivity index (χ3v) is 12.8. The number of aryl methyl sites for hydroxylation is 4. The molecule has 0 fully saturated rings. The Bertz CT molecular complexity index is 3340. The van der Waals surface area contributed by atoms with E-state index in [1.807, 2.05) is 13.8 Å². The predicted molar refractivity (Wildman–Crippen MR) is 249 cm³/mol. The Kier molecular flexibility index (Phi) is 13.1. The van der Waals surface area contributed by atoms with Crippen molar-refractivity contribution >= 4 is 65.4 Å². The number of hydrogen-bond donors (Lipinski definition) is 4. The zero-order valence-electron chi connectivity index (χ0n) is 37.5. The molecule has 8 rings (SSSR count). The molecule has 0 radical (unpaired) electrons. The molecule has 8 aromatic rings. The van der Waals surface area contributed by atoms with Gasteiger partial charge in [-0.2, -0.15) is 10.2 Å². The minimum atomic E-state index is -4.29. The lowest BCUT2D eigenvalue weighted by molar-refractivity contribution is 0.341. The summed E-state index contributed by atoms with van der Waals surface area (Å²) in [5, 5.41) is 17.0. The van der Waals surface area contributed by atoms with Crippen molar-refractivity contribution in [2.75, 3.05) is 22.7 Å². The third kappa shape index (κ3) is 9.48. The largest absolute Gasteiger partial charge is 0.493 e. The molecular formula is C42H44N16O8S2. The number of nitrogens with one attached hydrogen (secondary N) is 4. The summed E-state index contributed by atoms with van der Waals surface area (Å²) in [6.07, 6.45) is 7.62. The number of rotatable bonds is 18. The predicted octanol–water partition coefficient (Wildman–Crippen LogP) is 5.26. The van der Waals surface area contributed by atoms with Crippen molar-refractivity contribution in [3.05, 3.63) is 93.3 Å². The summed E-state index contributed by atoms with van der Waals surface area (Å²) in [7, 11) is -5.25. The molecule has 0 aliphatic rings. The average molecular weight is 965 g/mol. The fraction of sp³-hybridized carbons (Fsp3) is 0.286. The van der Waals surface area contributed by atoms with Gasteiger partial charge in [-0.25, -0.2) is 56.2 Å². The van der Waals surface area contributed by atoms with Gasteiger partial charge in [0.1, 0.15) is 45.6 Å². The quantitative estimate of drug-likeness (QED) is 0.0797. The highest BCUT2D eigenvalue weighted by Gasteiger charge is 2.24. The van der Waals surface area contributed by atoms with Crippen LogP contribution in [0.5, 0.6) is 11.5 Å². The third-order valence-electron chi connectivity index (χ3n) is 10.1. The molecule has 24 nitrogen and oxygen atoms in total. The van der Waals surface area contributed by atoms with E-state index >= 15 is 0 Å². The summed E-state index contributed by atoms with van der Waals surface area (Å²) < 4.78 is 73.6. The van der Waals surface area contributed by atoms with Crippen molar-refractivity contribution in [1.29, 1.82) is 0 Å². The van der Waals surface area contributed by atoms with E-state index in [9.17, 15) is 26.4 Å². The van der Waals surface area contributed by atoms with Crippen LogP contribution in [0.3, 0.4) is 0 Å². The lowest BCUT2D eigenvalue weighted by Gasteiger charge is -2.13. The van der Waals surface area contributed by atoms with E-state index < -0.39 is 31.2 Å². The van der Waals surface area contributed by atoms with E-state index in [2.05, 4.69) is 69.7 Å². The number of aromatic nitrogens is 12. The molecule has 2 aromatic carbocycles. The van der Waals surface area contributed by atoms with E-state index in [1.54, 1.807) is 27.9 Å². The van der Waals surface area contributed by atoms with Crippen molar-refractivity contribution in [2.45, 2.75) is 63.2 Å². The highest BCUT2D eigenvalue weighted by Crippen LogP contribution is 2.33. The van der Waals surface area contributed by atoms with E-state index in [4.69, 9.17) is 9.47 Å². The molecule has 0 amide bonds. The Balaban J connectivity index is 0.960. The molecule has 0 atom stereocenters. The molecule has 6 heterocycles. The fourth-order valence-electron chi connectivity index (χ4n) is 7.17. The van der Waals surface area contributed by atoms with E-state index in [0.717, 1.165) is 12.8 Å². The van der Waals surface area contributed by atoms with Crippen LogP contribution < -0.4 is 30.0 Å². The molecule has 0 saturated heterocycles. The van der Waals surface area contributed by atoms with Crippen LogP contribution in [0.2, 0.25) is 0 Å². The van der Waals surface area contributed by atoms with E-state index in [-0.39, 0.29) is 69.1 Å². The molecule has 0 aliphatic heterocycles. The molecular weight excluding hydrogens is 921 g/mol. The normalized spacial score (nSPS) is 12.0. The highest BCUT2D eigenvalue weighted by atomic mass is 32.2. The Labute approximate surface area is 387 Å². The topological polar surface area (TPSA) is 314 Å². The van der Waals surface area contributed by atoms with E-state index in [1.165, 1.54) is 70.5 Å². The van der Waals surface area contributed by atoms with Gasteiger partial charge in [-0.3, -0.25) is 19.0 Å². The summed E-state index contributed by atoms with van der Waals surface area (Å²) in [6, 6.07) is 8.28. The van der Waals surface area contributed by atoms with Gasteiger partial charge in [0.25, 0.3) is 31.2 Å². The van der Waals surface area contributed by atoms with Crippen molar-refractivity contribution in [1.82, 2.24) is 59.4 Å². The molecule has 68 heavy (non-hydrogen) atoms. The SMILES string of the molecule is CCCc1nn(C)c2c(=O)[nH]c(-c3cc(S(=O)(=O)Nc4ncc(N=Nc5cnc(NS(=O)(=O)c6ccc(OCC)c(-c7nc8c(CCC)nn(C)c8c(=O)[nH]7)c6)nc5)cn4)ccc3OCC)nc12. The van der Waals surface area contributed by atoms with Crippen LogP contribution in [0.4, 0.5) is 23.3 Å². The maximum absolute atomic E-state index is 13.6. The molecule has 0 saturated carbocycles.